The summed E-state index contributed by atoms with van der Waals surface area (Å²) >= 11 is 1.37. The molecule has 6 nitrogen and oxygen atoms in total. The van der Waals surface area contributed by atoms with E-state index in [1.807, 2.05) is 9.47 Å². The average molecular weight is 391 g/mol. The normalized spacial score (nSPS) is 19.0. The second-order valence-corrected chi connectivity index (χ2v) is 8.13. The van der Waals surface area contributed by atoms with E-state index in [4.69, 9.17) is 0 Å². The minimum Gasteiger partial charge on any atom is -0.477 e. The van der Waals surface area contributed by atoms with Gasteiger partial charge in [0.1, 0.15) is 11.4 Å². The van der Waals surface area contributed by atoms with Crippen LogP contribution in [-0.2, 0) is 6.54 Å². The number of aromatic carboxylic acids is 1. The van der Waals surface area contributed by atoms with Crippen molar-refractivity contribution in [2.75, 3.05) is 36.8 Å². The van der Waals surface area contributed by atoms with Crippen molar-refractivity contribution in [3.63, 3.8) is 0 Å². The monoisotopic (exact) mass is 391 g/mol. The number of nitrogens with zero attached hydrogens (tertiary/aromatic N) is 2. The molecular formula is C19H22FN3O3S. The van der Waals surface area contributed by atoms with Crippen molar-refractivity contribution in [3.8, 4) is 0 Å². The lowest BCUT2D eigenvalue weighted by molar-refractivity contribution is 0.0690. The number of carboxylic acid groups (broad SMARTS) is 1. The van der Waals surface area contributed by atoms with Gasteiger partial charge in [-0.15, -0.1) is 11.8 Å². The number of rotatable bonds is 5. The van der Waals surface area contributed by atoms with E-state index in [9.17, 15) is 19.1 Å². The molecule has 0 bridgehead atoms. The number of carboxylic acids is 1. The molecule has 0 spiro atoms. The summed E-state index contributed by atoms with van der Waals surface area (Å²) in [6, 6.07) is 2.94. The third-order valence-corrected chi connectivity index (χ3v) is 6.45. The van der Waals surface area contributed by atoms with Crippen LogP contribution in [0.3, 0.4) is 0 Å². The molecule has 1 aromatic carbocycles. The summed E-state index contributed by atoms with van der Waals surface area (Å²) in [6.45, 7) is 6.06. The Morgan fingerprint density at radius 1 is 1.41 bits per heavy atom. The zero-order valence-corrected chi connectivity index (χ0v) is 15.9. The quantitative estimate of drug-likeness (QED) is 0.815. The van der Waals surface area contributed by atoms with Gasteiger partial charge in [0, 0.05) is 30.8 Å². The van der Waals surface area contributed by atoms with Gasteiger partial charge in [0.05, 0.1) is 16.2 Å². The number of aromatic nitrogens is 1. The molecule has 1 saturated heterocycles. The topological polar surface area (TPSA) is 74.6 Å². The number of pyridine rings is 1. The summed E-state index contributed by atoms with van der Waals surface area (Å²) < 4.78 is 16.7. The van der Waals surface area contributed by atoms with Crippen molar-refractivity contribution < 1.29 is 14.3 Å². The lowest BCUT2D eigenvalue weighted by Gasteiger charge is -2.21. The predicted molar refractivity (Wildman–Crippen MR) is 105 cm³/mol. The van der Waals surface area contributed by atoms with Crippen LogP contribution in [0.25, 0.3) is 10.9 Å². The van der Waals surface area contributed by atoms with Gasteiger partial charge in [0.25, 0.3) is 0 Å². The molecule has 8 heteroatoms. The fourth-order valence-corrected chi connectivity index (χ4v) is 5.17. The van der Waals surface area contributed by atoms with E-state index < -0.39 is 17.2 Å². The van der Waals surface area contributed by atoms with E-state index in [0.717, 1.165) is 32.6 Å². The van der Waals surface area contributed by atoms with Crippen molar-refractivity contribution in [2.45, 2.75) is 24.9 Å². The number of nitrogens with one attached hydrogen (secondary N) is 1. The maximum atomic E-state index is 14.9. The van der Waals surface area contributed by atoms with Gasteiger partial charge in [0.2, 0.25) is 5.43 Å². The number of hydrogen-bond acceptors (Lipinski definition) is 5. The van der Waals surface area contributed by atoms with Crippen LogP contribution < -0.4 is 15.6 Å². The summed E-state index contributed by atoms with van der Waals surface area (Å²) in [4.78, 5) is 26.3. The molecule has 0 aliphatic carbocycles. The molecular weight excluding hydrogens is 369 g/mol. The zero-order valence-electron chi connectivity index (χ0n) is 15.1. The summed E-state index contributed by atoms with van der Waals surface area (Å²) in [5, 5.41) is 13.4. The first-order valence-electron chi connectivity index (χ1n) is 9.23. The predicted octanol–water partition coefficient (Wildman–Crippen LogP) is 2.38. The molecule has 2 N–H and O–H groups in total. The number of fused-ring (bicyclic) bond motifs is 3. The lowest BCUT2D eigenvalue weighted by Crippen LogP contribution is -2.27. The third kappa shape index (κ3) is 3.10. The number of anilines is 1. The van der Waals surface area contributed by atoms with Crippen LogP contribution in [0.1, 0.15) is 23.7 Å². The van der Waals surface area contributed by atoms with E-state index in [1.54, 1.807) is 6.07 Å². The number of benzene rings is 1. The molecule has 2 aliphatic rings. The molecule has 144 valence electrons. The number of halogens is 1. The Morgan fingerprint density at radius 2 is 2.22 bits per heavy atom. The minimum absolute atomic E-state index is 0.142. The Bertz CT molecular complexity index is 975. The second kappa shape index (κ2) is 7.16. The maximum absolute atomic E-state index is 14.9. The first-order chi connectivity index (χ1) is 13.0. The van der Waals surface area contributed by atoms with E-state index in [1.165, 1.54) is 17.8 Å². The molecule has 3 heterocycles. The zero-order chi connectivity index (χ0) is 19.1. The highest BCUT2D eigenvalue weighted by atomic mass is 32.2. The molecule has 1 fully saturated rings. The largest absolute Gasteiger partial charge is 0.477 e. The highest BCUT2D eigenvalue weighted by Gasteiger charge is 2.29. The van der Waals surface area contributed by atoms with E-state index >= 15 is 0 Å². The van der Waals surface area contributed by atoms with Crippen LogP contribution in [-0.4, -0.2) is 47.6 Å². The van der Waals surface area contributed by atoms with Crippen molar-refractivity contribution in [1.29, 1.82) is 0 Å². The van der Waals surface area contributed by atoms with Crippen LogP contribution >= 0.6 is 11.8 Å². The number of carbonyl (C=O) groups is 1. The molecule has 1 atom stereocenters. The van der Waals surface area contributed by atoms with Crippen molar-refractivity contribution >= 4 is 34.3 Å². The van der Waals surface area contributed by atoms with Gasteiger partial charge in [-0.3, -0.25) is 4.79 Å². The molecule has 1 unspecified atom stereocenters. The van der Waals surface area contributed by atoms with Gasteiger partial charge >= 0.3 is 5.97 Å². The van der Waals surface area contributed by atoms with Crippen LogP contribution in [0.2, 0.25) is 0 Å². The maximum Gasteiger partial charge on any atom is 0.342 e. The fraction of sp³-hybridized carbons (Fsp3) is 0.474. The number of hydrogen-bond donors (Lipinski definition) is 2. The van der Waals surface area contributed by atoms with Gasteiger partial charge < -0.3 is 19.9 Å². The lowest BCUT2D eigenvalue weighted by atomic mass is 10.1. The number of thioether (sulfide) groups is 1. The van der Waals surface area contributed by atoms with Crippen molar-refractivity contribution in [2.24, 2.45) is 5.92 Å². The van der Waals surface area contributed by atoms with Gasteiger partial charge in [-0.2, -0.15) is 0 Å². The Kier molecular flexibility index (Phi) is 4.86. The molecule has 0 radical (unpaired) electrons. The van der Waals surface area contributed by atoms with Crippen molar-refractivity contribution in [3.05, 3.63) is 33.7 Å². The van der Waals surface area contributed by atoms with Crippen molar-refractivity contribution in [1.82, 2.24) is 9.88 Å². The molecule has 1 aromatic heterocycles. The molecule has 2 aliphatic heterocycles. The SMILES string of the molecule is CCNCC1CCN(c2cc3c(cc2F)c(=O)c(C(=O)O)c2n3CCS2)C1. The molecule has 0 amide bonds. The first-order valence-corrected chi connectivity index (χ1v) is 10.2. The molecule has 4 rings (SSSR count). The summed E-state index contributed by atoms with van der Waals surface area (Å²) in [7, 11) is 0. The van der Waals surface area contributed by atoms with Crippen LogP contribution in [0.5, 0.6) is 0 Å². The van der Waals surface area contributed by atoms with Gasteiger partial charge in [0.15, 0.2) is 0 Å². The smallest absolute Gasteiger partial charge is 0.342 e. The Morgan fingerprint density at radius 3 is 2.96 bits per heavy atom. The van der Waals surface area contributed by atoms with E-state index in [2.05, 4.69) is 12.2 Å². The third-order valence-electron chi connectivity index (χ3n) is 5.36. The van der Waals surface area contributed by atoms with E-state index in [0.29, 0.717) is 34.4 Å². The Balaban J connectivity index is 1.80. The van der Waals surface area contributed by atoms with Gasteiger partial charge in [-0.05, 0) is 37.6 Å². The highest BCUT2D eigenvalue weighted by molar-refractivity contribution is 7.99. The highest BCUT2D eigenvalue weighted by Crippen LogP contribution is 2.35. The summed E-state index contributed by atoms with van der Waals surface area (Å²) in [6.07, 6.45) is 0.996. The Hall–Kier alpha value is -2.06. The second-order valence-electron chi connectivity index (χ2n) is 7.04. The van der Waals surface area contributed by atoms with E-state index in [-0.39, 0.29) is 10.9 Å². The Labute approximate surface area is 160 Å². The average Bonchev–Trinajstić information content (AvgIpc) is 3.29. The molecule has 2 aromatic rings. The van der Waals surface area contributed by atoms with Crippen LogP contribution in [0, 0.1) is 11.7 Å². The van der Waals surface area contributed by atoms with Gasteiger partial charge in [-0.25, -0.2) is 9.18 Å². The van der Waals surface area contributed by atoms with Crippen LogP contribution in [0.15, 0.2) is 22.0 Å². The molecule has 27 heavy (non-hydrogen) atoms. The first kappa shape index (κ1) is 18.3. The standard InChI is InChI=1S/C19H22FN3O3S/c1-2-21-9-11-3-4-22(10-11)15-8-14-12(7-13(15)20)17(24)16(19(25)26)18-23(14)5-6-27-18/h7-8,11,21H,2-6,9-10H2,1H3,(H,25,26). The number of aryl methyl sites for hydroxylation is 1. The fourth-order valence-electron chi connectivity index (χ4n) is 4.04. The van der Waals surface area contributed by atoms with Crippen LogP contribution in [0.4, 0.5) is 10.1 Å². The molecule has 0 saturated carbocycles. The summed E-state index contributed by atoms with van der Waals surface area (Å²) in [5.41, 5.74) is 0.270. The minimum atomic E-state index is -1.25. The van der Waals surface area contributed by atoms with Gasteiger partial charge in [-0.1, -0.05) is 6.92 Å². The summed E-state index contributed by atoms with van der Waals surface area (Å²) in [5.74, 6) is -0.542.